The molecule has 2 rings (SSSR count). The van der Waals surface area contributed by atoms with Gasteiger partial charge in [-0.25, -0.2) is 4.18 Å². The van der Waals surface area contributed by atoms with Gasteiger partial charge in [-0.2, -0.15) is 8.42 Å². The summed E-state index contributed by atoms with van der Waals surface area (Å²) in [6.45, 7) is 4.13. The predicted molar refractivity (Wildman–Crippen MR) is 105 cm³/mol. The lowest BCUT2D eigenvalue weighted by Gasteiger charge is -2.31. The van der Waals surface area contributed by atoms with Crippen LogP contribution in [-0.4, -0.2) is 62.6 Å². The molecule has 0 bridgehead atoms. The Morgan fingerprint density at radius 3 is 2.21 bits per heavy atom. The van der Waals surface area contributed by atoms with Gasteiger partial charge in [-0.15, -0.1) is 0 Å². The Morgan fingerprint density at radius 2 is 1.72 bits per heavy atom. The number of hydrogen-bond donors (Lipinski definition) is 0. The fraction of sp³-hybridized carbons (Fsp3) is 0.556. The van der Waals surface area contributed by atoms with Gasteiger partial charge in [0.25, 0.3) is 10.1 Å². The van der Waals surface area contributed by atoms with E-state index in [4.69, 9.17) is 23.1 Å². The van der Waals surface area contributed by atoms with Crippen molar-refractivity contribution in [2.75, 3.05) is 18.2 Å². The Balaban J connectivity index is 2.35. The maximum Gasteiger partial charge on any atom is 0.303 e. The average Bonchev–Trinajstić information content (AvgIpc) is 2.85. The molecular formula is C18H23BrO9S. The van der Waals surface area contributed by atoms with Gasteiger partial charge in [-0.05, 0) is 19.1 Å². The molecule has 9 nitrogen and oxygen atoms in total. The molecule has 0 spiro atoms. The zero-order chi connectivity index (χ0) is 21.8. The summed E-state index contributed by atoms with van der Waals surface area (Å²) < 4.78 is 50.9. The Bertz CT molecular complexity index is 839. The SMILES string of the molecule is CC(=O)O[C@H]1[C@@H](OC(C)=O)C(CBr)(OS(C)(=O)=O)O[C@@H]1COc1ccc(C)cc1. The van der Waals surface area contributed by atoms with Gasteiger partial charge in [0.05, 0.1) is 11.6 Å². The number of aryl methyl sites for hydroxylation is 1. The van der Waals surface area contributed by atoms with E-state index in [0.717, 1.165) is 18.7 Å². The van der Waals surface area contributed by atoms with Crippen LogP contribution in [0.25, 0.3) is 0 Å². The van der Waals surface area contributed by atoms with E-state index in [1.54, 1.807) is 12.1 Å². The van der Waals surface area contributed by atoms with Crippen molar-refractivity contribution in [1.82, 2.24) is 0 Å². The molecule has 1 aliphatic heterocycles. The lowest BCUT2D eigenvalue weighted by molar-refractivity contribution is -0.206. The summed E-state index contributed by atoms with van der Waals surface area (Å²) >= 11 is 3.15. The maximum absolute atomic E-state index is 11.8. The van der Waals surface area contributed by atoms with Gasteiger partial charge in [0.1, 0.15) is 18.5 Å². The van der Waals surface area contributed by atoms with Crippen LogP contribution in [0.2, 0.25) is 0 Å². The zero-order valence-electron chi connectivity index (χ0n) is 16.4. The third-order valence-corrected chi connectivity index (χ3v) is 5.32. The summed E-state index contributed by atoms with van der Waals surface area (Å²) in [5, 5.41) is -0.177. The van der Waals surface area contributed by atoms with Gasteiger partial charge in [0.2, 0.25) is 5.79 Å². The van der Waals surface area contributed by atoms with Crippen LogP contribution in [0.4, 0.5) is 0 Å². The Morgan fingerprint density at radius 1 is 1.14 bits per heavy atom. The Kier molecular flexibility index (Phi) is 7.66. The second-order valence-corrected chi connectivity index (χ2v) is 8.75. The van der Waals surface area contributed by atoms with Crippen molar-refractivity contribution in [3.05, 3.63) is 29.8 Å². The van der Waals surface area contributed by atoms with E-state index in [-0.39, 0.29) is 11.9 Å². The third-order valence-electron chi connectivity index (χ3n) is 3.96. The second-order valence-electron chi connectivity index (χ2n) is 6.62. The molecule has 11 heteroatoms. The summed E-state index contributed by atoms with van der Waals surface area (Å²) in [6.07, 6.45) is -2.63. The Labute approximate surface area is 177 Å². The molecule has 1 heterocycles. The predicted octanol–water partition coefficient (Wildman–Crippen LogP) is 1.70. The second kappa shape index (κ2) is 9.41. The lowest BCUT2D eigenvalue weighted by atomic mass is 10.1. The third kappa shape index (κ3) is 6.39. The standard InChI is InChI=1S/C18H23BrO9S/c1-11-5-7-14(8-6-11)24-9-15-16(25-12(2)20)17(26-13(3)21)18(10-19,27-15)28-29(4,22)23/h5-8,15-17H,9-10H2,1-4H3/t15-,16-,17-,18?/m1/s1. The molecule has 29 heavy (non-hydrogen) atoms. The van der Waals surface area contributed by atoms with E-state index in [1.165, 1.54) is 6.92 Å². The average molecular weight is 495 g/mol. The minimum Gasteiger partial charge on any atom is -0.491 e. The summed E-state index contributed by atoms with van der Waals surface area (Å²) in [5.74, 6) is -2.79. The van der Waals surface area contributed by atoms with Gasteiger partial charge in [-0.3, -0.25) is 9.59 Å². The molecule has 0 aliphatic carbocycles. The molecule has 1 saturated heterocycles. The molecule has 0 N–H and O–H groups in total. The van der Waals surface area contributed by atoms with Crippen molar-refractivity contribution in [2.45, 2.75) is 44.9 Å². The molecule has 1 fully saturated rings. The number of carbonyl (C=O) groups excluding carboxylic acids is 2. The van der Waals surface area contributed by atoms with Crippen molar-refractivity contribution in [3.63, 3.8) is 0 Å². The number of hydrogen-bond acceptors (Lipinski definition) is 9. The molecular weight excluding hydrogens is 472 g/mol. The normalized spacial score (nSPS) is 26.7. The first-order valence-electron chi connectivity index (χ1n) is 8.64. The number of alkyl halides is 1. The van der Waals surface area contributed by atoms with Gasteiger partial charge >= 0.3 is 11.9 Å². The van der Waals surface area contributed by atoms with Crippen LogP contribution in [-0.2, 0) is 38.1 Å². The maximum atomic E-state index is 11.8. The van der Waals surface area contributed by atoms with Gasteiger partial charge in [-0.1, -0.05) is 33.6 Å². The van der Waals surface area contributed by atoms with E-state index in [2.05, 4.69) is 15.9 Å². The van der Waals surface area contributed by atoms with Crippen molar-refractivity contribution in [3.8, 4) is 5.75 Å². The van der Waals surface area contributed by atoms with E-state index in [9.17, 15) is 18.0 Å². The first-order valence-corrected chi connectivity index (χ1v) is 11.6. The smallest absolute Gasteiger partial charge is 0.303 e. The van der Waals surface area contributed by atoms with Crippen molar-refractivity contribution >= 4 is 38.0 Å². The number of ether oxygens (including phenoxy) is 4. The fourth-order valence-electron chi connectivity index (χ4n) is 2.90. The number of benzene rings is 1. The van der Waals surface area contributed by atoms with E-state index >= 15 is 0 Å². The highest BCUT2D eigenvalue weighted by atomic mass is 79.9. The number of rotatable bonds is 8. The van der Waals surface area contributed by atoms with Crippen molar-refractivity contribution in [2.24, 2.45) is 0 Å². The van der Waals surface area contributed by atoms with Crippen LogP contribution in [0.5, 0.6) is 5.75 Å². The molecule has 0 radical (unpaired) electrons. The molecule has 0 amide bonds. The van der Waals surface area contributed by atoms with Crippen LogP contribution in [0.3, 0.4) is 0 Å². The molecule has 1 aromatic carbocycles. The van der Waals surface area contributed by atoms with Crippen molar-refractivity contribution < 1.29 is 41.1 Å². The van der Waals surface area contributed by atoms with Crippen LogP contribution in [0.15, 0.2) is 24.3 Å². The molecule has 1 unspecified atom stereocenters. The van der Waals surface area contributed by atoms with E-state index < -0.39 is 46.2 Å². The van der Waals surface area contributed by atoms with E-state index in [1.807, 2.05) is 19.1 Å². The highest BCUT2D eigenvalue weighted by Crippen LogP contribution is 2.39. The van der Waals surface area contributed by atoms with Crippen LogP contribution < -0.4 is 4.74 Å². The highest BCUT2D eigenvalue weighted by Gasteiger charge is 2.61. The van der Waals surface area contributed by atoms with Crippen LogP contribution in [0.1, 0.15) is 19.4 Å². The molecule has 1 aromatic rings. The minimum atomic E-state index is -4.02. The van der Waals surface area contributed by atoms with Crippen LogP contribution in [0, 0.1) is 6.92 Å². The number of esters is 2. The zero-order valence-corrected chi connectivity index (χ0v) is 18.8. The molecule has 0 saturated carbocycles. The highest BCUT2D eigenvalue weighted by molar-refractivity contribution is 9.09. The van der Waals surface area contributed by atoms with E-state index in [0.29, 0.717) is 5.75 Å². The molecule has 0 aromatic heterocycles. The minimum absolute atomic E-state index is 0.110. The molecule has 162 valence electrons. The quantitative estimate of drug-likeness (QED) is 0.302. The molecule has 4 atom stereocenters. The van der Waals surface area contributed by atoms with Gasteiger partial charge in [0.15, 0.2) is 12.2 Å². The fourth-order valence-corrected chi connectivity index (χ4v) is 4.32. The summed E-state index contributed by atoms with van der Waals surface area (Å²) in [7, 11) is -4.02. The topological polar surface area (TPSA) is 114 Å². The largest absolute Gasteiger partial charge is 0.491 e. The van der Waals surface area contributed by atoms with Gasteiger partial charge in [0, 0.05) is 13.8 Å². The lowest BCUT2D eigenvalue weighted by Crippen LogP contribution is -2.51. The van der Waals surface area contributed by atoms with Crippen LogP contribution >= 0.6 is 15.9 Å². The first-order chi connectivity index (χ1) is 13.5. The number of halogens is 1. The molecule has 1 aliphatic rings. The Hall–Kier alpha value is -1.69. The number of carbonyl (C=O) groups is 2. The summed E-state index contributed by atoms with van der Waals surface area (Å²) in [5.41, 5.74) is 1.04. The van der Waals surface area contributed by atoms with Gasteiger partial charge < -0.3 is 18.9 Å². The summed E-state index contributed by atoms with van der Waals surface area (Å²) in [6, 6.07) is 7.20. The first kappa shape index (κ1) is 23.6. The monoisotopic (exact) mass is 494 g/mol. The summed E-state index contributed by atoms with van der Waals surface area (Å²) in [4.78, 5) is 23.3. The van der Waals surface area contributed by atoms with Crippen molar-refractivity contribution in [1.29, 1.82) is 0 Å².